The van der Waals surface area contributed by atoms with E-state index in [4.69, 9.17) is 11.6 Å². The molecule has 0 saturated heterocycles. The van der Waals surface area contributed by atoms with Gasteiger partial charge in [0.1, 0.15) is 5.82 Å². The second-order valence-electron chi connectivity index (χ2n) is 4.35. The molecule has 0 radical (unpaired) electrons. The van der Waals surface area contributed by atoms with Gasteiger partial charge in [0.15, 0.2) is 0 Å². The number of hydrogen-bond donors (Lipinski definition) is 2. The molecule has 108 valence electrons. The van der Waals surface area contributed by atoms with E-state index in [0.29, 0.717) is 5.69 Å². The molecule has 21 heavy (non-hydrogen) atoms. The molecule has 0 aliphatic rings. The van der Waals surface area contributed by atoms with Crippen LogP contribution in [0.3, 0.4) is 0 Å². The van der Waals surface area contributed by atoms with Gasteiger partial charge in [0, 0.05) is 17.3 Å². The molecule has 0 fully saturated rings. The minimum atomic E-state index is -4.47. The van der Waals surface area contributed by atoms with Gasteiger partial charge in [0.05, 0.1) is 22.3 Å². The van der Waals surface area contributed by atoms with E-state index < -0.39 is 11.7 Å². The van der Waals surface area contributed by atoms with E-state index in [0.717, 1.165) is 23.2 Å². The minimum absolute atomic E-state index is 0.0999. The highest BCUT2D eigenvalue weighted by Gasteiger charge is 2.31. The Morgan fingerprint density at radius 3 is 2.67 bits per heavy atom. The average Bonchev–Trinajstić information content (AvgIpc) is 2.87. The topological polar surface area (TPSA) is 53.6 Å². The second kappa shape index (κ2) is 4.92. The first-order chi connectivity index (χ1) is 9.93. The number of nitrogens with one attached hydrogen (secondary N) is 2. The zero-order valence-corrected chi connectivity index (χ0v) is 11.1. The molecule has 0 bridgehead atoms. The quantitative estimate of drug-likeness (QED) is 0.738. The molecule has 0 amide bonds. The summed E-state index contributed by atoms with van der Waals surface area (Å²) in [6.45, 7) is 0. The van der Waals surface area contributed by atoms with Crippen molar-refractivity contribution in [3.8, 4) is 0 Å². The van der Waals surface area contributed by atoms with E-state index in [1.54, 1.807) is 24.4 Å². The minimum Gasteiger partial charge on any atom is -0.339 e. The molecule has 0 unspecified atom stereocenters. The maximum absolute atomic E-state index is 12.5. The number of anilines is 2. The van der Waals surface area contributed by atoms with Crippen LogP contribution in [-0.2, 0) is 6.18 Å². The fraction of sp³-hybridized carbons (Fsp3) is 0.0769. The Hall–Kier alpha value is -2.28. The first kappa shape index (κ1) is 13.7. The molecule has 3 aromatic rings. The van der Waals surface area contributed by atoms with Gasteiger partial charge in [0.2, 0.25) is 0 Å². The Kier molecular flexibility index (Phi) is 3.21. The summed E-state index contributed by atoms with van der Waals surface area (Å²) >= 11 is 5.84. The molecule has 2 aromatic heterocycles. The monoisotopic (exact) mass is 312 g/mol. The van der Waals surface area contributed by atoms with Gasteiger partial charge in [-0.2, -0.15) is 18.3 Å². The van der Waals surface area contributed by atoms with Gasteiger partial charge in [0.25, 0.3) is 0 Å². The third-order valence-corrected chi connectivity index (χ3v) is 3.16. The molecular weight excluding hydrogens is 305 g/mol. The molecule has 8 heteroatoms. The summed E-state index contributed by atoms with van der Waals surface area (Å²) in [6, 6.07) is 6.17. The normalized spacial score (nSPS) is 11.8. The molecule has 4 nitrogen and oxygen atoms in total. The number of nitrogens with zero attached hydrogens (tertiary/aromatic N) is 2. The third-order valence-electron chi connectivity index (χ3n) is 2.87. The number of alkyl halides is 3. The molecule has 2 heterocycles. The van der Waals surface area contributed by atoms with Crippen LogP contribution in [0, 0.1) is 0 Å². The van der Waals surface area contributed by atoms with Crippen LogP contribution in [0.5, 0.6) is 0 Å². The Labute approximate surface area is 122 Å². The summed E-state index contributed by atoms with van der Waals surface area (Å²) in [5.41, 5.74) is 0.619. The molecule has 0 saturated carbocycles. The summed E-state index contributed by atoms with van der Waals surface area (Å²) in [5, 5.41) is 10.3. The zero-order chi connectivity index (χ0) is 15.0. The van der Waals surface area contributed by atoms with Crippen LogP contribution in [0.2, 0.25) is 5.02 Å². The zero-order valence-electron chi connectivity index (χ0n) is 10.4. The van der Waals surface area contributed by atoms with E-state index in [2.05, 4.69) is 20.5 Å². The molecule has 0 atom stereocenters. The van der Waals surface area contributed by atoms with Crippen LogP contribution in [0.1, 0.15) is 5.56 Å². The lowest BCUT2D eigenvalue weighted by molar-refractivity contribution is -0.137. The largest absolute Gasteiger partial charge is 0.417 e. The molecule has 2 N–H and O–H groups in total. The molecule has 1 aromatic carbocycles. The summed E-state index contributed by atoms with van der Waals surface area (Å²) < 4.78 is 37.6. The number of halogens is 4. The van der Waals surface area contributed by atoms with E-state index in [1.165, 1.54) is 0 Å². The highest BCUT2D eigenvalue weighted by Crippen LogP contribution is 2.33. The first-order valence-corrected chi connectivity index (χ1v) is 6.24. The lowest BCUT2D eigenvalue weighted by Gasteiger charge is -2.10. The van der Waals surface area contributed by atoms with Crippen LogP contribution in [0.4, 0.5) is 24.7 Å². The predicted molar refractivity (Wildman–Crippen MR) is 73.6 cm³/mol. The van der Waals surface area contributed by atoms with E-state index in [1.807, 2.05) is 0 Å². The number of hydrogen-bond acceptors (Lipinski definition) is 3. The van der Waals surface area contributed by atoms with Crippen molar-refractivity contribution in [1.82, 2.24) is 15.2 Å². The number of H-pyrrole nitrogens is 1. The lowest BCUT2D eigenvalue weighted by atomic mass is 10.2. The number of aromatic nitrogens is 3. The van der Waals surface area contributed by atoms with Crippen molar-refractivity contribution >= 4 is 34.0 Å². The van der Waals surface area contributed by atoms with Crippen molar-refractivity contribution in [2.45, 2.75) is 6.18 Å². The van der Waals surface area contributed by atoms with E-state index in [9.17, 15) is 13.2 Å². The summed E-state index contributed by atoms with van der Waals surface area (Å²) in [6.07, 6.45) is -2.09. The second-order valence-corrected chi connectivity index (χ2v) is 4.76. The van der Waals surface area contributed by atoms with E-state index >= 15 is 0 Å². The lowest BCUT2D eigenvalue weighted by Crippen LogP contribution is -2.06. The third kappa shape index (κ3) is 2.78. The van der Waals surface area contributed by atoms with Crippen LogP contribution >= 0.6 is 11.6 Å². The van der Waals surface area contributed by atoms with Gasteiger partial charge in [-0.25, -0.2) is 4.98 Å². The van der Waals surface area contributed by atoms with Crippen molar-refractivity contribution in [2.75, 3.05) is 5.32 Å². The van der Waals surface area contributed by atoms with Gasteiger partial charge in [-0.05, 0) is 24.3 Å². The Morgan fingerprint density at radius 1 is 1.14 bits per heavy atom. The fourth-order valence-electron chi connectivity index (χ4n) is 1.84. The Morgan fingerprint density at radius 2 is 1.95 bits per heavy atom. The molecule has 0 spiro atoms. The van der Waals surface area contributed by atoms with Crippen molar-refractivity contribution in [1.29, 1.82) is 0 Å². The van der Waals surface area contributed by atoms with Crippen molar-refractivity contribution < 1.29 is 13.2 Å². The Balaban J connectivity index is 1.90. The van der Waals surface area contributed by atoms with Crippen LogP contribution in [-0.4, -0.2) is 15.2 Å². The molecule has 0 aliphatic carbocycles. The fourth-order valence-corrected chi connectivity index (χ4v) is 2.06. The van der Waals surface area contributed by atoms with Crippen LogP contribution < -0.4 is 5.32 Å². The highest BCUT2D eigenvalue weighted by atomic mass is 35.5. The van der Waals surface area contributed by atoms with Gasteiger partial charge in [-0.15, -0.1) is 0 Å². The maximum Gasteiger partial charge on any atom is 0.417 e. The molecular formula is C13H8ClF3N4. The predicted octanol–water partition coefficient (Wildman–Crippen LogP) is 4.37. The number of rotatable bonds is 2. The van der Waals surface area contributed by atoms with Gasteiger partial charge in [-0.1, -0.05) is 11.6 Å². The standard InChI is InChI=1S/C13H8ClF3N4/c14-10-4-8(13(15,16)17)6-18-12(10)20-9-1-2-11-7(3-9)5-19-21-11/h1-6H,(H,18,20)(H,19,21). The number of aromatic amines is 1. The Bertz CT molecular complexity index is 797. The van der Waals surface area contributed by atoms with Gasteiger partial charge in [-0.3, -0.25) is 5.10 Å². The summed E-state index contributed by atoms with van der Waals surface area (Å²) in [5.74, 6) is 0.160. The van der Waals surface area contributed by atoms with E-state index in [-0.39, 0.29) is 10.8 Å². The van der Waals surface area contributed by atoms with Crippen molar-refractivity contribution in [3.63, 3.8) is 0 Å². The first-order valence-electron chi connectivity index (χ1n) is 5.86. The van der Waals surface area contributed by atoms with Crippen molar-refractivity contribution in [3.05, 3.63) is 47.2 Å². The summed E-state index contributed by atoms with van der Waals surface area (Å²) in [7, 11) is 0. The van der Waals surface area contributed by atoms with Crippen LogP contribution in [0.15, 0.2) is 36.7 Å². The van der Waals surface area contributed by atoms with Gasteiger partial charge >= 0.3 is 6.18 Å². The summed E-state index contributed by atoms with van der Waals surface area (Å²) in [4.78, 5) is 3.72. The van der Waals surface area contributed by atoms with Crippen molar-refractivity contribution in [2.24, 2.45) is 0 Å². The highest BCUT2D eigenvalue weighted by molar-refractivity contribution is 6.33. The smallest absolute Gasteiger partial charge is 0.339 e. The molecule has 0 aliphatic heterocycles. The number of fused-ring (bicyclic) bond motifs is 1. The van der Waals surface area contributed by atoms with Crippen LogP contribution in [0.25, 0.3) is 10.9 Å². The molecule has 3 rings (SSSR count). The number of pyridine rings is 1. The maximum atomic E-state index is 12.5. The number of benzene rings is 1. The SMILES string of the molecule is FC(F)(F)c1cnc(Nc2ccc3[nH]ncc3c2)c(Cl)c1. The van der Waals surface area contributed by atoms with Gasteiger partial charge < -0.3 is 5.32 Å². The average molecular weight is 313 g/mol.